The minimum absolute atomic E-state index is 0.0669. The van der Waals surface area contributed by atoms with Crippen LogP contribution in [0, 0.1) is 6.92 Å². The van der Waals surface area contributed by atoms with Gasteiger partial charge >= 0.3 is 0 Å². The Kier molecular flexibility index (Phi) is 6.11. The number of nitrogens with one attached hydrogen (secondary N) is 1. The molecule has 168 valence electrons. The molecule has 0 aliphatic rings. The lowest BCUT2D eigenvalue weighted by Gasteiger charge is -2.22. The molecule has 2 aromatic heterocycles. The van der Waals surface area contributed by atoms with E-state index >= 15 is 0 Å². The highest BCUT2D eigenvalue weighted by Gasteiger charge is 2.19. The predicted molar refractivity (Wildman–Crippen MR) is 134 cm³/mol. The molecule has 5 nitrogen and oxygen atoms in total. The molecule has 0 aliphatic heterocycles. The normalized spacial score (nSPS) is 11.9. The van der Waals surface area contributed by atoms with Crippen LogP contribution in [0.4, 0.5) is 0 Å². The van der Waals surface area contributed by atoms with Gasteiger partial charge in [-0.05, 0) is 59.5 Å². The van der Waals surface area contributed by atoms with Crippen molar-refractivity contribution in [1.29, 1.82) is 0 Å². The fourth-order valence-electron chi connectivity index (χ4n) is 4.12. The maximum Gasteiger partial charge on any atom is 0.225 e. The van der Waals surface area contributed by atoms with Crippen LogP contribution in [-0.2, 0) is 11.2 Å². The molecular weight excluding hydrogens is 446 g/mol. The summed E-state index contributed by atoms with van der Waals surface area (Å²) < 4.78 is 5.93. The van der Waals surface area contributed by atoms with E-state index in [0.29, 0.717) is 10.8 Å². The fraction of sp³-hybridized carbons (Fsp3) is 0.107. The summed E-state index contributed by atoms with van der Waals surface area (Å²) in [5, 5.41) is 4.82. The first kappa shape index (κ1) is 21.9. The van der Waals surface area contributed by atoms with Gasteiger partial charge in [-0.3, -0.25) is 4.79 Å². The first-order valence-corrected chi connectivity index (χ1v) is 11.3. The van der Waals surface area contributed by atoms with E-state index in [1.807, 2.05) is 79.7 Å². The first-order valence-electron chi connectivity index (χ1n) is 10.9. The number of aromatic nitrogens is 2. The number of hydrogen-bond donors (Lipinski definition) is 1. The molecule has 0 spiro atoms. The lowest BCUT2D eigenvalue weighted by molar-refractivity contribution is -0.120. The Morgan fingerprint density at radius 1 is 1.00 bits per heavy atom. The summed E-state index contributed by atoms with van der Waals surface area (Å²) in [7, 11) is 0. The molecule has 5 rings (SSSR count). The van der Waals surface area contributed by atoms with Gasteiger partial charge in [0.2, 0.25) is 5.91 Å². The zero-order valence-corrected chi connectivity index (χ0v) is 19.3. The number of fused-ring (bicyclic) bond motifs is 1. The van der Waals surface area contributed by atoms with Crippen LogP contribution < -0.4 is 5.32 Å². The summed E-state index contributed by atoms with van der Waals surface area (Å²) in [6.45, 7) is 2.01. The highest BCUT2D eigenvalue weighted by atomic mass is 35.5. The molecule has 3 aromatic carbocycles. The van der Waals surface area contributed by atoms with Gasteiger partial charge in [0.15, 0.2) is 0 Å². The second-order valence-corrected chi connectivity index (χ2v) is 8.64. The van der Waals surface area contributed by atoms with Crippen molar-refractivity contribution in [3.05, 3.63) is 119 Å². The summed E-state index contributed by atoms with van der Waals surface area (Å²) >= 11 is 6.17. The molecule has 1 unspecified atom stereocenters. The van der Waals surface area contributed by atoms with Crippen LogP contribution in [0.15, 0.2) is 95.9 Å². The minimum Gasteiger partial charge on any atom is -0.456 e. The summed E-state index contributed by atoms with van der Waals surface area (Å²) in [6, 6.07) is 23.2. The smallest absolute Gasteiger partial charge is 0.225 e. The standard InChI is InChI=1S/C28H22ClN3O2/c1-18-11-23(29)8-9-24(18)28(20-5-3-2-4-6-20)32-27(33)13-19-7-10-25-21(12-19)14-26(34-25)22-15-30-17-31-16-22/h2-12,14-17,28H,13H2,1H3,(H,32,33). The summed E-state index contributed by atoms with van der Waals surface area (Å²) in [6.07, 6.45) is 5.15. The van der Waals surface area contributed by atoms with Gasteiger partial charge in [0.25, 0.3) is 0 Å². The molecule has 2 heterocycles. The number of benzene rings is 3. The van der Waals surface area contributed by atoms with Gasteiger partial charge in [-0.25, -0.2) is 9.97 Å². The minimum atomic E-state index is -0.270. The van der Waals surface area contributed by atoms with Crippen LogP contribution in [-0.4, -0.2) is 15.9 Å². The first-order chi connectivity index (χ1) is 16.6. The predicted octanol–water partition coefficient (Wildman–Crippen LogP) is 6.30. The third-order valence-electron chi connectivity index (χ3n) is 5.77. The highest BCUT2D eigenvalue weighted by molar-refractivity contribution is 6.30. The van der Waals surface area contributed by atoms with E-state index < -0.39 is 0 Å². The SMILES string of the molecule is Cc1cc(Cl)ccc1C(NC(=O)Cc1ccc2oc(-c3cncnc3)cc2c1)c1ccccc1. The van der Waals surface area contributed by atoms with Crippen LogP contribution in [0.2, 0.25) is 5.02 Å². The molecule has 1 atom stereocenters. The number of amides is 1. The summed E-state index contributed by atoms with van der Waals surface area (Å²) in [5.74, 6) is 0.627. The maximum absolute atomic E-state index is 13.1. The van der Waals surface area contributed by atoms with Gasteiger partial charge in [-0.15, -0.1) is 0 Å². The van der Waals surface area contributed by atoms with E-state index in [4.69, 9.17) is 16.0 Å². The van der Waals surface area contributed by atoms with Gasteiger partial charge in [0, 0.05) is 22.8 Å². The second kappa shape index (κ2) is 9.49. The lowest BCUT2D eigenvalue weighted by Crippen LogP contribution is -2.31. The van der Waals surface area contributed by atoms with Crippen LogP contribution >= 0.6 is 11.6 Å². The molecule has 5 aromatic rings. The molecule has 1 N–H and O–H groups in total. The molecule has 6 heteroatoms. The second-order valence-electron chi connectivity index (χ2n) is 8.20. The van der Waals surface area contributed by atoms with E-state index in [2.05, 4.69) is 15.3 Å². The molecule has 0 saturated carbocycles. The average molecular weight is 468 g/mol. The van der Waals surface area contributed by atoms with Crippen LogP contribution in [0.3, 0.4) is 0 Å². The number of furan rings is 1. The van der Waals surface area contributed by atoms with Crippen molar-refractivity contribution in [2.45, 2.75) is 19.4 Å². The quantitative estimate of drug-likeness (QED) is 0.318. The Labute approximate surface area is 202 Å². The highest BCUT2D eigenvalue weighted by Crippen LogP contribution is 2.29. The monoisotopic (exact) mass is 467 g/mol. The fourth-order valence-corrected chi connectivity index (χ4v) is 4.34. The van der Waals surface area contributed by atoms with Gasteiger partial charge < -0.3 is 9.73 Å². The topological polar surface area (TPSA) is 68.0 Å². The third-order valence-corrected chi connectivity index (χ3v) is 6.01. The van der Waals surface area contributed by atoms with Crippen LogP contribution in [0.1, 0.15) is 28.3 Å². The number of rotatable bonds is 6. The number of hydrogen-bond acceptors (Lipinski definition) is 4. The van der Waals surface area contributed by atoms with E-state index in [1.165, 1.54) is 6.33 Å². The zero-order chi connectivity index (χ0) is 23.5. The number of carbonyl (C=O) groups excluding carboxylic acids is 1. The molecule has 0 radical (unpaired) electrons. The van der Waals surface area contributed by atoms with Crippen molar-refractivity contribution in [2.24, 2.45) is 0 Å². The molecule has 0 fully saturated rings. The summed E-state index contributed by atoms with van der Waals surface area (Å²) in [5.41, 5.74) is 5.52. The Hall–Kier alpha value is -3.96. The van der Waals surface area contributed by atoms with Crippen molar-refractivity contribution >= 4 is 28.5 Å². The van der Waals surface area contributed by atoms with Crippen molar-refractivity contribution in [2.75, 3.05) is 0 Å². The average Bonchev–Trinajstić information content (AvgIpc) is 3.28. The molecule has 0 aliphatic carbocycles. The zero-order valence-electron chi connectivity index (χ0n) is 18.5. The van der Waals surface area contributed by atoms with E-state index in [-0.39, 0.29) is 18.4 Å². The Balaban J connectivity index is 1.39. The number of nitrogens with zero attached hydrogens (tertiary/aromatic N) is 2. The van der Waals surface area contributed by atoms with Gasteiger partial charge in [0.1, 0.15) is 17.7 Å². The van der Waals surface area contributed by atoms with Crippen molar-refractivity contribution in [3.8, 4) is 11.3 Å². The van der Waals surface area contributed by atoms with Crippen LogP contribution in [0.25, 0.3) is 22.3 Å². The largest absolute Gasteiger partial charge is 0.456 e. The molecule has 1 amide bonds. The Bertz CT molecular complexity index is 1450. The van der Waals surface area contributed by atoms with E-state index in [1.54, 1.807) is 12.4 Å². The number of aryl methyl sites for hydroxylation is 1. The molecule has 34 heavy (non-hydrogen) atoms. The lowest BCUT2D eigenvalue weighted by atomic mass is 9.94. The van der Waals surface area contributed by atoms with E-state index in [9.17, 15) is 4.79 Å². The van der Waals surface area contributed by atoms with Gasteiger partial charge in [0.05, 0.1) is 18.0 Å². The van der Waals surface area contributed by atoms with Crippen molar-refractivity contribution < 1.29 is 9.21 Å². The van der Waals surface area contributed by atoms with Crippen LogP contribution in [0.5, 0.6) is 0 Å². The molecule has 0 bridgehead atoms. The Morgan fingerprint density at radius 2 is 1.79 bits per heavy atom. The van der Waals surface area contributed by atoms with Crippen molar-refractivity contribution in [1.82, 2.24) is 15.3 Å². The number of halogens is 1. The van der Waals surface area contributed by atoms with Gasteiger partial charge in [-0.2, -0.15) is 0 Å². The number of carbonyl (C=O) groups is 1. The Morgan fingerprint density at radius 3 is 2.56 bits per heavy atom. The van der Waals surface area contributed by atoms with E-state index in [0.717, 1.165) is 38.8 Å². The van der Waals surface area contributed by atoms with Crippen molar-refractivity contribution in [3.63, 3.8) is 0 Å². The third kappa shape index (κ3) is 4.70. The maximum atomic E-state index is 13.1. The molecular formula is C28H22ClN3O2. The molecule has 0 saturated heterocycles. The van der Waals surface area contributed by atoms with Gasteiger partial charge in [-0.1, -0.05) is 54.1 Å². The summed E-state index contributed by atoms with van der Waals surface area (Å²) in [4.78, 5) is 21.2.